The molecule has 2 rings (SSSR count). The van der Waals surface area contributed by atoms with Gasteiger partial charge in [0.2, 0.25) is 5.91 Å². The second kappa shape index (κ2) is 5.36. The van der Waals surface area contributed by atoms with Crippen LogP contribution in [0.1, 0.15) is 18.9 Å². The molecule has 2 heterocycles. The zero-order valence-electron chi connectivity index (χ0n) is 11.6. The van der Waals surface area contributed by atoms with Crippen molar-refractivity contribution in [3.05, 3.63) is 22.8 Å². The molecule has 8 heteroatoms. The van der Waals surface area contributed by atoms with Gasteiger partial charge < -0.3 is 10.2 Å². The Morgan fingerprint density at radius 3 is 2.71 bits per heavy atom. The number of rotatable bonds is 2. The van der Waals surface area contributed by atoms with Crippen LogP contribution in [0.15, 0.2) is 12.1 Å². The van der Waals surface area contributed by atoms with Gasteiger partial charge in [-0.3, -0.25) is 4.79 Å². The lowest BCUT2D eigenvalue weighted by Crippen LogP contribution is -2.39. The molecule has 1 aliphatic rings. The van der Waals surface area contributed by atoms with Crippen LogP contribution < -0.4 is 10.2 Å². The summed E-state index contributed by atoms with van der Waals surface area (Å²) in [7, 11) is 1.54. The number of alkyl halides is 3. The molecule has 0 aliphatic carbocycles. The van der Waals surface area contributed by atoms with E-state index in [0.717, 1.165) is 12.1 Å². The minimum atomic E-state index is -4.48. The van der Waals surface area contributed by atoms with Crippen molar-refractivity contribution in [1.29, 1.82) is 0 Å². The molecule has 1 aliphatic heterocycles. The van der Waals surface area contributed by atoms with E-state index in [9.17, 15) is 18.0 Å². The van der Waals surface area contributed by atoms with Crippen molar-refractivity contribution >= 4 is 23.3 Å². The molecular weight excluding hydrogens is 307 g/mol. The van der Waals surface area contributed by atoms with Crippen LogP contribution in [0.5, 0.6) is 0 Å². The van der Waals surface area contributed by atoms with Crippen LogP contribution in [0, 0.1) is 5.41 Å². The summed E-state index contributed by atoms with van der Waals surface area (Å²) in [5.41, 5.74) is -1.48. The minimum absolute atomic E-state index is 0.136. The highest BCUT2D eigenvalue weighted by atomic mass is 35.5. The average molecular weight is 322 g/mol. The molecule has 0 bridgehead atoms. The smallest absolute Gasteiger partial charge is 0.359 e. The summed E-state index contributed by atoms with van der Waals surface area (Å²) < 4.78 is 38.4. The summed E-state index contributed by atoms with van der Waals surface area (Å²) in [6.07, 6.45) is -3.94. The van der Waals surface area contributed by atoms with Crippen LogP contribution in [0.25, 0.3) is 0 Å². The zero-order chi connectivity index (χ0) is 15.8. The standard InChI is InChI=1S/C13H15ClF3N3O/c1-12(11(21)18-2)3-4-20(7-12)10-6-8(13(15,16)17)5-9(14)19-10/h5-6H,3-4,7H2,1-2H3,(H,18,21). The second-order valence-corrected chi connectivity index (χ2v) is 5.73. The van der Waals surface area contributed by atoms with Crippen molar-refractivity contribution in [2.75, 3.05) is 25.0 Å². The number of aromatic nitrogens is 1. The van der Waals surface area contributed by atoms with Crippen LogP contribution in [-0.4, -0.2) is 31.0 Å². The van der Waals surface area contributed by atoms with E-state index in [4.69, 9.17) is 11.6 Å². The van der Waals surface area contributed by atoms with E-state index >= 15 is 0 Å². The number of nitrogens with zero attached hydrogens (tertiary/aromatic N) is 2. The minimum Gasteiger partial charge on any atom is -0.359 e. The maximum absolute atomic E-state index is 12.8. The fourth-order valence-electron chi connectivity index (χ4n) is 2.45. The molecule has 1 N–H and O–H groups in total. The van der Waals surface area contributed by atoms with E-state index in [-0.39, 0.29) is 16.9 Å². The topological polar surface area (TPSA) is 45.2 Å². The molecule has 1 aromatic rings. The molecule has 116 valence electrons. The first-order valence-corrected chi connectivity index (χ1v) is 6.75. The summed E-state index contributed by atoms with van der Waals surface area (Å²) >= 11 is 5.68. The van der Waals surface area contributed by atoms with Gasteiger partial charge in [-0.25, -0.2) is 4.98 Å². The van der Waals surface area contributed by atoms with Crippen molar-refractivity contribution in [2.45, 2.75) is 19.5 Å². The maximum Gasteiger partial charge on any atom is 0.416 e. The second-order valence-electron chi connectivity index (χ2n) is 5.35. The van der Waals surface area contributed by atoms with E-state index in [2.05, 4.69) is 10.3 Å². The van der Waals surface area contributed by atoms with Gasteiger partial charge in [0.25, 0.3) is 0 Å². The Bertz CT molecular complexity index is 564. The molecular formula is C13H15ClF3N3O. The highest BCUT2D eigenvalue weighted by molar-refractivity contribution is 6.29. The van der Waals surface area contributed by atoms with E-state index in [1.807, 2.05) is 0 Å². The Kier molecular flexibility index (Phi) is 4.06. The van der Waals surface area contributed by atoms with Crippen LogP contribution in [0.2, 0.25) is 5.15 Å². The summed E-state index contributed by atoms with van der Waals surface area (Å²) in [5, 5.41) is 2.36. The third kappa shape index (κ3) is 3.23. The Balaban J connectivity index is 2.28. The monoisotopic (exact) mass is 321 g/mol. The lowest BCUT2D eigenvalue weighted by molar-refractivity contribution is -0.137. The highest BCUT2D eigenvalue weighted by Gasteiger charge is 2.41. The third-order valence-electron chi connectivity index (χ3n) is 3.68. The van der Waals surface area contributed by atoms with Crippen molar-refractivity contribution < 1.29 is 18.0 Å². The Labute approximate surface area is 125 Å². The molecule has 1 atom stereocenters. The summed E-state index contributed by atoms with van der Waals surface area (Å²) in [4.78, 5) is 17.4. The number of halogens is 4. The molecule has 1 fully saturated rings. The van der Waals surface area contributed by atoms with Crippen molar-refractivity contribution in [3.8, 4) is 0 Å². The number of amides is 1. The predicted molar refractivity (Wildman–Crippen MR) is 73.3 cm³/mol. The van der Waals surface area contributed by atoms with Gasteiger partial charge in [-0.1, -0.05) is 11.6 Å². The average Bonchev–Trinajstić information content (AvgIpc) is 2.80. The molecule has 0 spiro atoms. The van der Waals surface area contributed by atoms with Gasteiger partial charge >= 0.3 is 6.18 Å². The van der Waals surface area contributed by atoms with E-state index in [0.29, 0.717) is 19.5 Å². The number of hydrogen-bond acceptors (Lipinski definition) is 3. The Morgan fingerprint density at radius 2 is 2.14 bits per heavy atom. The van der Waals surface area contributed by atoms with Crippen molar-refractivity contribution in [1.82, 2.24) is 10.3 Å². The van der Waals surface area contributed by atoms with Crippen LogP contribution in [0.4, 0.5) is 19.0 Å². The number of carbonyl (C=O) groups excluding carboxylic acids is 1. The highest BCUT2D eigenvalue weighted by Crippen LogP contribution is 2.36. The lowest BCUT2D eigenvalue weighted by atomic mass is 9.89. The predicted octanol–water partition coefficient (Wildman–Crippen LogP) is 2.72. The fourth-order valence-corrected chi connectivity index (χ4v) is 2.66. The molecule has 0 saturated carbocycles. The van der Waals surface area contributed by atoms with E-state index in [1.165, 1.54) is 7.05 Å². The third-order valence-corrected chi connectivity index (χ3v) is 3.87. The first-order valence-electron chi connectivity index (χ1n) is 6.38. The molecule has 1 aromatic heterocycles. The number of nitrogens with one attached hydrogen (secondary N) is 1. The molecule has 1 saturated heterocycles. The largest absolute Gasteiger partial charge is 0.416 e. The van der Waals surface area contributed by atoms with Gasteiger partial charge in [-0.15, -0.1) is 0 Å². The quantitative estimate of drug-likeness (QED) is 0.852. The first-order chi connectivity index (χ1) is 9.65. The van der Waals surface area contributed by atoms with Gasteiger partial charge in [0, 0.05) is 20.1 Å². The van der Waals surface area contributed by atoms with E-state index in [1.54, 1.807) is 11.8 Å². The normalized spacial score (nSPS) is 22.5. The zero-order valence-corrected chi connectivity index (χ0v) is 12.3. The molecule has 21 heavy (non-hydrogen) atoms. The van der Waals surface area contributed by atoms with E-state index < -0.39 is 17.2 Å². The Morgan fingerprint density at radius 1 is 1.48 bits per heavy atom. The number of hydrogen-bond donors (Lipinski definition) is 1. The molecule has 4 nitrogen and oxygen atoms in total. The van der Waals surface area contributed by atoms with Gasteiger partial charge in [0.1, 0.15) is 11.0 Å². The molecule has 1 amide bonds. The summed E-state index contributed by atoms with van der Waals surface area (Å²) in [6.45, 7) is 2.53. The van der Waals surface area contributed by atoms with Crippen molar-refractivity contribution in [3.63, 3.8) is 0 Å². The van der Waals surface area contributed by atoms with Crippen LogP contribution in [-0.2, 0) is 11.0 Å². The summed E-state index contributed by atoms with van der Waals surface area (Å²) in [5.74, 6) is 0.00512. The molecule has 1 unspecified atom stereocenters. The van der Waals surface area contributed by atoms with Crippen LogP contribution in [0.3, 0.4) is 0 Å². The van der Waals surface area contributed by atoms with Gasteiger partial charge in [0.15, 0.2) is 0 Å². The van der Waals surface area contributed by atoms with Gasteiger partial charge in [-0.05, 0) is 25.5 Å². The Hall–Kier alpha value is -1.50. The van der Waals surface area contributed by atoms with Gasteiger partial charge in [0.05, 0.1) is 11.0 Å². The molecule has 0 radical (unpaired) electrons. The maximum atomic E-state index is 12.8. The SMILES string of the molecule is CNC(=O)C1(C)CCN(c2cc(C(F)(F)F)cc(Cl)n2)C1. The summed E-state index contributed by atoms with van der Waals surface area (Å²) in [6, 6.07) is 1.75. The first kappa shape index (κ1) is 15.9. The fraction of sp³-hybridized carbons (Fsp3) is 0.538. The molecule has 0 aromatic carbocycles. The lowest BCUT2D eigenvalue weighted by Gasteiger charge is -2.23. The van der Waals surface area contributed by atoms with Gasteiger partial charge in [-0.2, -0.15) is 13.2 Å². The van der Waals surface area contributed by atoms with Crippen molar-refractivity contribution in [2.24, 2.45) is 5.41 Å². The number of carbonyl (C=O) groups is 1. The van der Waals surface area contributed by atoms with Crippen LogP contribution >= 0.6 is 11.6 Å². The number of anilines is 1. The number of pyridine rings is 1.